The molecule has 1 N–H and O–H groups in total. The molecule has 0 bridgehead atoms. The van der Waals surface area contributed by atoms with E-state index in [1.54, 1.807) is 49.3 Å². The summed E-state index contributed by atoms with van der Waals surface area (Å²) in [6.07, 6.45) is 12.3. The van der Waals surface area contributed by atoms with Crippen LogP contribution in [0, 0.1) is 17.3 Å². The molecule has 0 aliphatic carbocycles. The van der Waals surface area contributed by atoms with E-state index in [-0.39, 0.29) is 5.56 Å². The molecule has 0 fully saturated rings. The summed E-state index contributed by atoms with van der Waals surface area (Å²) in [4.78, 5) is 16.5. The molecule has 0 radical (unpaired) electrons. The van der Waals surface area contributed by atoms with Crippen molar-refractivity contribution in [3.05, 3.63) is 126 Å². The Kier molecular flexibility index (Phi) is 63.9. The molecule has 0 spiro atoms. The minimum Gasteiger partial charge on any atom is -0.329 e. The molecule has 0 aliphatic rings. The number of aromatic nitrogens is 6. The maximum absolute atomic E-state index is 10.2. The first-order valence-electron chi connectivity index (χ1n) is 20.3. The van der Waals surface area contributed by atoms with E-state index < -0.39 is 0 Å². The summed E-state index contributed by atoms with van der Waals surface area (Å²) in [6.45, 7) is 46.0. The molecule has 5 heterocycles. The number of nitrogens with one attached hydrogen (secondary N) is 1. The first-order valence-corrected chi connectivity index (χ1v) is 20.3. The molecule has 0 unspecified atom stereocenters. The Balaban J connectivity index is -0.0000000934. The second kappa shape index (κ2) is 53.2. The Labute approximate surface area is 335 Å². The minimum absolute atomic E-state index is 0.0532. The van der Waals surface area contributed by atoms with E-state index in [1.807, 2.05) is 128 Å². The van der Waals surface area contributed by atoms with E-state index in [0.29, 0.717) is 11.3 Å². The Bertz CT molecular complexity index is 1240. The molecule has 54 heavy (non-hydrogen) atoms. The minimum atomic E-state index is -0.0532. The van der Waals surface area contributed by atoms with Crippen LogP contribution in [0.25, 0.3) is 5.52 Å². The van der Waals surface area contributed by atoms with E-state index in [9.17, 15) is 4.79 Å². The Morgan fingerprint density at radius 1 is 0.556 bits per heavy atom. The van der Waals surface area contributed by atoms with Gasteiger partial charge in [-0.1, -0.05) is 171 Å². The molecule has 5 aromatic rings. The molecule has 0 atom stereocenters. The summed E-state index contributed by atoms with van der Waals surface area (Å²) < 4.78 is 1.83. The summed E-state index contributed by atoms with van der Waals surface area (Å²) in [5.74, 6) is 2.22. The van der Waals surface area contributed by atoms with Crippen LogP contribution in [-0.2, 0) is 0 Å². The maximum Gasteiger partial charge on any atom is 0.247 e. The van der Waals surface area contributed by atoms with Gasteiger partial charge in [-0.15, -0.1) is 0 Å². The zero-order valence-electron chi connectivity index (χ0n) is 39.3. The van der Waals surface area contributed by atoms with Crippen molar-refractivity contribution in [2.75, 3.05) is 0 Å². The molecule has 0 saturated heterocycles. The molecule has 0 aliphatic heterocycles. The highest BCUT2D eigenvalue weighted by Gasteiger charge is 1.96. The standard InChI is InChI=1S/C7H6N2.C7H10N2.C5H5NO.C5H5N.C5H12.2C4H10.5C2H6/c1-2-6-9-7(3-1)4-5-8-9;1-6(2)7-3-4-8-9-5-7;7-5-3-1-2-4-6-5;1-2-4-6-5-3-1;1-5(2,3)4;2*1-4(2)3;5*1-2/h1-6H;3-6H,1-2H3;1-4H,(H,6,7);1-5H;1-4H3;2*4H,1-3H3;5*1-2H3. The average molecular weight is 753 g/mol. The van der Waals surface area contributed by atoms with Crippen molar-refractivity contribution >= 4 is 5.52 Å². The summed E-state index contributed by atoms with van der Waals surface area (Å²) >= 11 is 0. The van der Waals surface area contributed by atoms with Crippen LogP contribution in [0.15, 0.2) is 115 Å². The van der Waals surface area contributed by atoms with Gasteiger partial charge in [-0.2, -0.15) is 15.3 Å². The number of fused-ring (bicyclic) bond motifs is 1. The van der Waals surface area contributed by atoms with Crippen molar-refractivity contribution in [1.29, 1.82) is 0 Å². The lowest BCUT2D eigenvalue weighted by atomic mass is 10.0. The van der Waals surface area contributed by atoms with Crippen LogP contribution < -0.4 is 5.56 Å². The fourth-order valence-corrected chi connectivity index (χ4v) is 2.20. The Morgan fingerprint density at radius 3 is 1.28 bits per heavy atom. The molecule has 7 heteroatoms. The average Bonchev–Trinajstić information content (AvgIpc) is 3.66. The third-order valence-electron chi connectivity index (χ3n) is 3.83. The zero-order chi connectivity index (χ0) is 43.8. The number of hydrogen-bond donors (Lipinski definition) is 1. The summed E-state index contributed by atoms with van der Waals surface area (Å²) in [5.41, 5.74) is 2.82. The van der Waals surface area contributed by atoms with Crippen LogP contribution in [0.1, 0.15) is 164 Å². The lowest BCUT2D eigenvalue weighted by Gasteiger charge is -2.05. The number of rotatable bonds is 1. The van der Waals surface area contributed by atoms with Crippen LogP contribution in [-0.4, -0.2) is 29.8 Å². The second-order valence-electron chi connectivity index (χ2n) is 12.9. The quantitative estimate of drug-likeness (QED) is 0.184. The van der Waals surface area contributed by atoms with Crippen LogP contribution >= 0.6 is 0 Å². The predicted octanol–water partition coefficient (Wildman–Crippen LogP) is 14.9. The van der Waals surface area contributed by atoms with Gasteiger partial charge in [0.1, 0.15) is 0 Å². The molecule has 5 aromatic heterocycles. The molecular weight excluding hydrogens is 665 g/mol. The Morgan fingerprint density at radius 2 is 1.02 bits per heavy atom. The van der Waals surface area contributed by atoms with Crippen LogP contribution in [0.3, 0.4) is 0 Å². The van der Waals surface area contributed by atoms with Crippen molar-refractivity contribution in [1.82, 2.24) is 29.8 Å². The number of hydrogen-bond acceptors (Lipinski definition) is 5. The van der Waals surface area contributed by atoms with Crippen molar-refractivity contribution in [3.63, 3.8) is 0 Å². The summed E-state index contributed by atoms with van der Waals surface area (Å²) in [6, 6.07) is 20.6. The normalized spacial score (nSPS) is 8.39. The summed E-state index contributed by atoms with van der Waals surface area (Å²) in [5, 5.41) is 11.5. The van der Waals surface area contributed by atoms with Crippen molar-refractivity contribution < 1.29 is 0 Å². The monoisotopic (exact) mass is 753 g/mol. The molecule has 0 aromatic carbocycles. The number of aromatic amines is 1. The van der Waals surface area contributed by atoms with Gasteiger partial charge in [-0.25, -0.2) is 4.52 Å². The fourth-order valence-electron chi connectivity index (χ4n) is 2.20. The first kappa shape index (κ1) is 64.8. The van der Waals surface area contributed by atoms with Gasteiger partial charge in [0.2, 0.25) is 5.56 Å². The molecular formula is C47H88N6O. The lowest BCUT2D eigenvalue weighted by Crippen LogP contribution is -1.98. The zero-order valence-corrected chi connectivity index (χ0v) is 39.3. The molecule has 7 nitrogen and oxygen atoms in total. The maximum atomic E-state index is 10.2. The molecule has 5 rings (SSSR count). The van der Waals surface area contributed by atoms with E-state index in [0.717, 1.165) is 17.4 Å². The third-order valence-corrected chi connectivity index (χ3v) is 3.83. The van der Waals surface area contributed by atoms with Crippen LogP contribution in [0.2, 0.25) is 0 Å². The van der Waals surface area contributed by atoms with Gasteiger partial charge in [-0.3, -0.25) is 9.78 Å². The van der Waals surface area contributed by atoms with Gasteiger partial charge in [0.25, 0.3) is 0 Å². The van der Waals surface area contributed by atoms with E-state index in [4.69, 9.17) is 0 Å². The highest BCUT2D eigenvalue weighted by atomic mass is 16.1. The SMILES string of the molecule is CC.CC.CC.CC.CC.CC(C)(C)C.CC(C)C.CC(C)C.CC(C)c1ccnnc1.O=c1cccc[nH]1.c1ccn2nccc2c1.c1ccncc1. The van der Waals surface area contributed by atoms with Crippen molar-refractivity contribution in [2.45, 2.75) is 158 Å². The number of pyridine rings is 3. The van der Waals surface area contributed by atoms with Gasteiger partial charge in [-0.05, 0) is 71.2 Å². The van der Waals surface area contributed by atoms with Crippen LogP contribution in [0.5, 0.6) is 0 Å². The van der Waals surface area contributed by atoms with Crippen LogP contribution in [0.4, 0.5) is 0 Å². The third kappa shape index (κ3) is 69.6. The fraction of sp³-hybridized carbons (Fsp3) is 0.553. The van der Waals surface area contributed by atoms with Crippen molar-refractivity contribution in [2.24, 2.45) is 17.3 Å². The Hall–Kier alpha value is -4.13. The lowest BCUT2D eigenvalue weighted by molar-refractivity contribution is 0.469. The molecule has 0 saturated carbocycles. The summed E-state index contributed by atoms with van der Waals surface area (Å²) in [7, 11) is 0. The predicted molar refractivity (Wildman–Crippen MR) is 246 cm³/mol. The van der Waals surface area contributed by atoms with E-state index in [1.165, 1.54) is 11.6 Å². The second-order valence-corrected chi connectivity index (χ2v) is 12.9. The van der Waals surface area contributed by atoms with E-state index in [2.05, 4.69) is 108 Å². The number of nitrogens with zero attached hydrogens (tertiary/aromatic N) is 5. The molecule has 0 amide bonds. The number of H-pyrrole nitrogens is 1. The van der Waals surface area contributed by atoms with Gasteiger partial charge in [0, 0.05) is 43.2 Å². The van der Waals surface area contributed by atoms with Gasteiger partial charge in [0.05, 0.1) is 11.7 Å². The first-order chi connectivity index (χ1) is 25.6. The van der Waals surface area contributed by atoms with Gasteiger partial charge in [0.15, 0.2) is 0 Å². The highest BCUT2D eigenvalue weighted by molar-refractivity contribution is 5.44. The van der Waals surface area contributed by atoms with E-state index >= 15 is 0 Å². The molecule has 312 valence electrons. The smallest absolute Gasteiger partial charge is 0.247 e. The topological polar surface area (TPSA) is 88.8 Å². The van der Waals surface area contributed by atoms with Crippen molar-refractivity contribution in [3.8, 4) is 0 Å². The van der Waals surface area contributed by atoms with Gasteiger partial charge >= 0.3 is 0 Å². The largest absolute Gasteiger partial charge is 0.329 e. The highest BCUT2D eigenvalue weighted by Crippen LogP contribution is 2.09. The van der Waals surface area contributed by atoms with Gasteiger partial charge < -0.3 is 4.98 Å².